The van der Waals surface area contributed by atoms with E-state index >= 15 is 0 Å². The Morgan fingerprint density at radius 3 is 2.80 bits per heavy atom. The van der Waals surface area contributed by atoms with E-state index < -0.39 is 18.3 Å². The van der Waals surface area contributed by atoms with Crippen LogP contribution < -0.4 is 5.32 Å². The van der Waals surface area contributed by atoms with Crippen LogP contribution in [-0.4, -0.2) is 25.5 Å². The first kappa shape index (κ1) is 17.0. The highest BCUT2D eigenvalue weighted by Gasteiger charge is 2.15. The smallest absolute Gasteiger partial charge is 0.318 e. The fourth-order valence-corrected chi connectivity index (χ4v) is 2.35. The highest BCUT2D eigenvalue weighted by atomic mass is 35.5. The number of carbonyl (C=O) groups excluding carboxylic acids is 1. The maximum Gasteiger partial charge on any atom is 0.333 e. The summed E-state index contributed by atoms with van der Waals surface area (Å²) in [5.41, 5.74) is 0.412. The molecule has 0 radical (unpaired) electrons. The van der Waals surface area contributed by atoms with Crippen molar-refractivity contribution in [1.82, 2.24) is 19.6 Å². The minimum Gasteiger partial charge on any atom is -0.318 e. The van der Waals surface area contributed by atoms with E-state index in [4.69, 9.17) is 11.6 Å². The lowest BCUT2D eigenvalue weighted by atomic mass is 10.2. The molecule has 130 valence electrons. The van der Waals surface area contributed by atoms with Gasteiger partial charge in [0, 0.05) is 23.0 Å². The molecule has 10 heteroatoms. The molecule has 1 amide bonds. The van der Waals surface area contributed by atoms with Crippen LogP contribution in [-0.2, 0) is 6.54 Å². The number of hydrogen-bond donors (Lipinski definition) is 1. The van der Waals surface area contributed by atoms with E-state index in [9.17, 15) is 18.0 Å². The lowest BCUT2D eigenvalue weighted by molar-refractivity contribution is 0.0561. The fraction of sp³-hybridized carbons (Fsp3) is 0.133. The predicted octanol–water partition coefficient (Wildman–Crippen LogP) is 3.57. The van der Waals surface area contributed by atoms with Gasteiger partial charge in [0.15, 0.2) is 5.69 Å². The number of alkyl halides is 2. The van der Waals surface area contributed by atoms with Crippen LogP contribution in [0.15, 0.2) is 42.9 Å². The number of halogens is 4. The molecule has 1 N–H and O–H groups in total. The van der Waals surface area contributed by atoms with Gasteiger partial charge in [-0.3, -0.25) is 9.48 Å². The van der Waals surface area contributed by atoms with E-state index in [0.29, 0.717) is 10.4 Å². The van der Waals surface area contributed by atoms with Crippen LogP contribution in [0.25, 0.3) is 0 Å². The van der Waals surface area contributed by atoms with Crippen molar-refractivity contribution in [2.24, 2.45) is 0 Å². The lowest BCUT2D eigenvalue weighted by Gasteiger charge is -2.05. The summed E-state index contributed by atoms with van der Waals surface area (Å²) in [4.78, 5) is 12.0. The van der Waals surface area contributed by atoms with E-state index in [1.54, 1.807) is 6.07 Å². The molecular formula is C15H11ClF3N5O. The van der Waals surface area contributed by atoms with Gasteiger partial charge in [-0.05, 0) is 18.2 Å². The van der Waals surface area contributed by atoms with Crippen molar-refractivity contribution >= 4 is 23.2 Å². The van der Waals surface area contributed by atoms with Crippen LogP contribution >= 0.6 is 11.6 Å². The van der Waals surface area contributed by atoms with E-state index in [-0.39, 0.29) is 22.8 Å². The number of carbonyl (C=O) groups is 1. The van der Waals surface area contributed by atoms with Gasteiger partial charge in [-0.1, -0.05) is 17.7 Å². The van der Waals surface area contributed by atoms with Gasteiger partial charge in [0.25, 0.3) is 5.91 Å². The molecule has 3 rings (SSSR count). The molecule has 0 bridgehead atoms. The first-order valence-electron chi connectivity index (χ1n) is 7.04. The predicted molar refractivity (Wildman–Crippen MR) is 84.2 cm³/mol. The Labute approximate surface area is 144 Å². The van der Waals surface area contributed by atoms with Crippen LogP contribution in [0.4, 0.5) is 18.9 Å². The summed E-state index contributed by atoms with van der Waals surface area (Å²) >= 11 is 5.96. The SMILES string of the molecule is O=C(Nc1cnn(Cc2c(F)cccc2Cl)c1)c1ccn(C(F)F)n1. The Morgan fingerprint density at radius 2 is 2.12 bits per heavy atom. The van der Waals surface area contributed by atoms with Crippen LogP contribution in [0.5, 0.6) is 0 Å². The number of amides is 1. The average molecular weight is 370 g/mol. The summed E-state index contributed by atoms with van der Waals surface area (Å²) in [5.74, 6) is -1.13. The fourth-order valence-electron chi connectivity index (χ4n) is 2.12. The normalized spacial score (nSPS) is 11.1. The molecule has 2 heterocycles. The average Bonchev–Trinajstić information content (AvgIpc) is 3.20. The van der Waals surface area contributed by atoms with Gasteiger partial charge in [0.1, 0.15) is 5.82 Å². The zero-order chi connectivity index (χ0) is 18.0. The van der Waals surface area contributed by atoms with Crippen LogP contribution in [0.1, 0.15) is 22.6 Å². The Kier molecular flexibility index (Phi) is 4.75. The number of hydrogen-bond acceptors (Lipinski definition) is 3. The van der Waals surface area contributed by atoms with E-state index in [0.717, 1.165) is 6.20 Å². The number of nitrogens with one attached hydrogen (secondary N) is 1. The number of rotatable bonds is 5. The number of benzene rings is 1. The third kappa shape index (κ3) is 3.82. The first-order chi connectivity index (χ1) is 11.9. The third-order valence-electron chi connectivity index (χ3n) is 3.31. The molecule has 6 nitrogen and oxygen atoms in total. The van der Waals surface area contributed by atoms with Gasteiger partial charge < -0.3 is 5.32 Å². The molecule has 3 aromatic rings. The summed E-state index contributed by atoms with van der Waals surface area (Å²) in [5, 5.41) is 10.2. The summed E-state index contributed by atoms with van der Waals surface area (Å²) in [6.07, 6.45) is 3.81. The molecule has 2 aromatic heterocycles. The summed E-state index contributed by atoms with van der Waals surface area (Å²) in [6.45, 7) is -2.75. The molecule has 25 heavy (non-hydrogen) atoms. The van der Waals surface area contributed by atoms with Crippen molar-refractivity contribution in [2.75, 3.05) is 5.32 Å². The van der Waals surface area contributed by atoms with Crippen LogP contribution in [0.3, 0.4) is 0 Å². The van der Waals surface area contributed by atoms with Crippen LogP contribution in [0.2, 0.25) is 5.02 Å². The summed E-state index contributed by atoms with van der Waals surface area (Å²) < 4.78 is 40.5. The minimum atomic E-state index is -2.82. The van der Waals surface area contributed by atoms with Gasteiger partial charge in [-0.15, -0.1) is 0 Å². The van der Waals surface area contributed by atoms with Gasteiger partial charge >= 0.3 is 6.55 Å². The Hall–Kier alpha value is -2.81. The zero-order valence-corrected chi connectivity index (χ0v) is 13.3. The maximum atomic E-state index is 13.8. The van der Waals surface area contributed by atoms with E-state index in [1.807, 2.05) is 0 Å². The number of aromatic nitrogens is 4. The molecule has 0 saturated carbocycles. The van der Waals surface area contributed by atoms with Gasteiger partial charge in [-0.25, -0.2) is 9.07 Å². The second-order valence-corrected chi connectivity index (χ2v) is 5.45. The first-order valence-corrected chi connectivity index (χ1v) is 7.42. The Bertz CT molecular complexity index is 888. The summed E-state index contributed by atoms with van der Waals surface area (Å²) in [7, 11) is 0. The molecule has 0 aliphatic carbocycles. The van der Waals surface area contributed by atoms with Crippen LogP contribution in [0, 0.1) is 5.82 Å². The third-order valence-corrected chi connectivity index (χ3v) is 3.67. The van der Waals surface area contributed by atoms with Gasteiger partial charge in [-0.2, -0.15) is 19.0 Å². The van der Waals surface area contributed by atoms with Crippen molar-refractivity contribution in [2.45, 2.75) is 13.1 Å². The van der Waals surface area contributed by atoms with E-state index in [1.165, 1.54) is 35.3 Å². The molecule has 0 saturated heterocycles. The molecular weight excluding hydrogens is 359 g/mol. The Morgan fingerprint density at radius 1 is 1.32 bits per heavy atom. The molecule has 0 atom stereocenters. The van der Waals surface area contributed by atoms with Crippen molar-refractivity contribution in [3.05, 3.63) is 65.0 Å². The number of nitrogens with zero attached hydrogens (tertiary/aromatic N) is 4. The second-order valence-electron chi connectivity index (χ2n) is 5.04. The topological polar surface area (TPSA) is 64.7 Å². The highest BCUT2D eigenvalue weighted by Crippen LogP contribution is 2.20. The molecule has 0 spiro atoms. The van der Waals surface area contributed by atoms with Crippen molar-refractivity contribution in [1.29, 1.82) is 0 Å². The second kappa shape index (κ2) is 6.98. The van der Waals surface area contributed by atoms with Gasteiger partial charge in [0.05, 0.1) is 18.4 Å². The molecule has 1 aromatic carbocycles. The lowest BCUT2D eigenvalue weighted by Crippen LogP contribution is -2.13. The van der Waals surface area contributed by atoms with Crippen molar-refractivity contribution < 1.29 is 18.0 Å². The van der Waals surface area contributed by atoms with E-state index in [2.05, 4.69) is 15.5 Å². The van der Waals surface area contributed by atoms with Crippen molar-refractivity contribution in [3.8, 4) is 0 Å². The minimum absolute atomic E-state index is 0.0708. The van der Waals surface area contributed by atoms with Crippen molar-refractivity contribution in [3.63, 3.8) is 0 Å². The standard InChI is InChI=1S/C15H11ClF3N5O/c16-11-2-1-3-12(17)10(11)8-23-7-9(6-20-23)21-14(25)13-4-5-24(22-13)15(18)19/h1-7,15H,8H2,(H,21,25). The Balaban J connectivity index is 1.70. The molecule has 0 aliphatic rings. The quantitative estimate of drug-likeness (QED) is 0.747. The summed E-state index contributed by atoms with van der Waals surface area (Å²) in [6, 6.07) is 5.51. The zero-order valence-electron chi connectivity index (χ0n) is 12.5. The molecule has 0 aliphatic heterocycles. The highest BCUT2D eigenvalue weighted by molar-refractivity contribution is 6.31. The number of anilines is 1. The molecule has 0 fully saturated rings. The largest absolute Gasteiger partial charge is 0.333 e. The van der Waals surface area contributed by atoms with Gasteiger partial charge in [0.2, 0.25) is 0 Å². The molecule has 0 unspecified atom stereocenters. The maximum absolute atomic E-state index is 13.8. The monoisotopic (exact) mass is 369 g/mol.